The van der Waals surface area contributed by atoms with E-state index >= 15 is 0 Å². The summed E-state index contributed by atoms with van der Waals surface area (Å²) in [6.45, 7) is 6.12. The van der Waals surface area contributed by atoms with Crippen molar-refractivity contribution in [3.63, 3.8) is 0 Å². The van der Waals surface area contributed by atoms with Gasteiger partial charge in [0.1, 0.15) is 0 Å². The lowest BCUT2D eigenvalue weighted by Gasteiger charge is -2.33. The minimum Gasteiger partial charge on any atom is -0.310 e. The van der Waals surface area contributed by atoms with Crippen molar-refractivity contribution in [1.29, 1.82) is 0 Å². The first-order chi connectivity index (χ1) is 9.84. The van der Waals surface area contributed by atoms with Crippen molar-refractivity contribution in [3.8, 4) is 0 Å². The highest BCUT2D eigenvalue weighted by atomic mass is 15.2. The van der Waals surface area contributed by atoms with Crippen LogP contribution >= 0.6 is 0 Å². The molecule has 0 aromatic heterocycles. The van der Waals surface area contributed by atoms with Crippen molar-refractivity contribution in [2.45, 2.75) is 57.5 Å². The van der Waals surface area contributed by atoms with Crippen LogP contribution in [0, 0.1) is 0 Å². The van der Waals surface area contributed by atoms with Crippen LogP contribution in [-0.2, 0) is 6.42 Å². The molecule has 1 heterocycles. The molecule has 2 heteroatoms. The van der Waals surface area contributed by atoms with Crippen LogP contribution < -0.4 is 5.32 Å². The number of nitrogens with one attached hydrogen (secondary N) is 1. The van der Waals surface area contributed by atoms with Gasteiger partial charge in [0.2, 0.25) is 0 Å². The fourth-order valence-corrected chi connectivity index (χ4v) is 3.82. The molecular formula is C18H28N2. The minimum atomic E-state index is 0.602. The summed E-state index contributed by atoms with van der Waals surface area (Å²) >= 11 is 0. The molecular weight excluding hydrogens is 244 g/mol. The summed E-state index contributed by atoms with van der Waals surface area (Å²) < 4.78 is 0. The van der Waals surface area contributed by atoms with Crippen molar-refractivity contribution >= 4 is 0 Å². The van der Waals surface area contributed by atoms with Crippen molar-refractivity contribution in [3.05, 3.63) is 35.4 Å². The number of aryl methyl sites for hydroxylation is 1. The molecule has 2 unspecified atom stereocenters. The Bertz CT molecular complexity index is 429. The number of likely N-dealkylation sites (tertiary alicyclic amines) is 1. The highest BCUT2D eigenvalue weighted by Gasteiger charge is 2.21. The van der Waals surface area contributed by atoms with Crippen LogP contribution in [0.1, 0.15) is 56.2 Å². The zero-order valence-electron chi connectivity index (χ0n) is 12.8. The van der Waals surface area contributed by atoms with Crippen LogP contribution in [0.2, 0.25) is 0 Å². The average molecular weight is 272 g/mol. The Balaban J connectivity index is 1.40. The number of hydrogen-bond donors (Lipinski definition) is 1. The van der Waals surface area contributed by atoms with E-state index in [0.29, 0.717) is 6.04 Å². The molecule has 110 valence electrons. The molecule has 2 atom stereocenters. The van der Waals surface area contributed by atoms with E-state index in [1.165, 1.54) is 51.6 Å². The van der Waals surface area contributed by atoms with Gasteiger partial charge in [-0.15, -0.1) is 0 Å². The molecule has 0 amide bonds. The summed E-state index contributed by atoms with van der Waals surface area (Å²) in [5.41, 5.74) is 3.09. The van der Waals surface area contributed by atoms with Gasteiger partial charge in [-0.3, -0.25) is 0 Å². The first-order valence-corrected chi connectivity index (χ1v) is 8.40. The second-order valence-corrected chi connectivity index (χ2v) is 6.48. The van der Waals surface area contributed by atoms with Gasteiger partial charge in [0.25, 0.3) is 0 Å². The third-order valence-electron chi connectivity index (χ3n) is 5.09. The third-order valence-corrected chi connectivity index (χ3v) is 5.09. The topological polar surface area (TPSA) is 15.3 Å². The summed E-state index contributed by atoms with van der Waals surface area (Å²) in [6.07, 6.45) is 8.02. The van der Waals surface area contributed by atoms with Gasteiger partial charge < -0.3 is 10.2 Å². The summed E-state index contributed by atoms with van der Waals surface area (Å²) in [4.78, 5) is 2.67. The first kappa shape index (κ1) is 14.1. The van der Waals surface area contributed by atoms with Crippen LogP contribution in [0.3, 0.4) is 0 Å². The van der Waals surface area contributed by atoms with Gasteiger partial charge in [0.15, 0.2) is 0 Å². The van der Waals surface area contributed by atoms with Crippen molar-refractivity contribution in [2.24, 2.45) is 0 Å². The highest BCUT2D eigenvalue weighted by Crippen LogP contribution is 2.30. The summed E-state index contributed by atoms with van der Waals surface area (Å²) in [5.74, 6) is 0. The Morgan fingerprint density at radius 1 is 1.20 bits per heavy atom. The Morgan fingerprint density at radius 2 is 2.10 bits per heavy atom. The molecule has 3 rings (SSSR count). The maximum Gasteiger partial charge on any atom is 0.0326 e. The Labute approximate surface area is 123 Å². The number of rotatable bonds is 5. The normalized spacial score (nSPS) is 26.6. The van der Waals surface area contributed by atoms with Crippen LogP contribution in [0.25, 0.3) is 0 Å². The van der Waals surface area contributed by atoms with Gasteiger partial charge in [-0.1, -0.05) is 30.7 Å². The quantitative estimate of drug-likeness (QED) is 0.825. The number of fused-ring (bicyclic) bond motifs is 1. The van der Waals surface area contributed by atoms with Gasteiger partial charge in [0.05, 0.1) is 0 Å². The average Bonchev–Trinajstić information content (AvgIpc) is 2.89. The smallest absolute Gasteiger partial charge is 0.0326 e. The second kappa shape index (κ2) is 6.73. The van der Waals surface area contributed by atoms with Crippen LogP contribution in [-0.4, -0.2) is 30.6 Å². The van der Waals surface area contributed by atoms with E-state index in [0.717, 1.165) is 12.6 Å². The highest BCUT2D eigenvalue weighted by molar-refractivity contribution is 5.34. The molecule has 2 nitrogen and oxygen atoms in total. The number of hydrogen-bond acceptors (Lipinski definition) is 2. The Morgan fingerprint density at radius 3 is 3.00 bits per heavy atom. The standard InChI is InChI=1S/C18H28N2/c1-15-7-4-5-13-20(15)14-6-12-19-18-11-10-16-8-2-3-9-17(16)18/h2-3,8-9,15,18-19H,4-7,10-14H2,1H3. The maximum atomic E-state index is 3.77. The monoisotopic (exact) mass is 272 g/mol. The lowest BCUT2D eigenvalue weighted by molar-refractivity contribution is 0.158. The zero-order valence-corrected chi connectivity index (χ0v) is 12.8. The van der Waals surface area contributed by atoms with E-state index in [1.807, 2.05) is 0 Å². The van der Waals surface area contributed by atoms with Crippen molar-refractivity contribution < 1.29 is 0 Å². The Kier molecular flexibility index (Phi) is 4.74. The molecule has 1 aromatic rings. The molecule has 1 aromatic carbocycles. The van der Waals surface area contributed by atoms with Gasteiger partial charge in [-0.05, 0) is 69.8 Å². The van der Waals surface area contributed by atoms with E-state index in [2.05, 4.69) is 41.4 Å². The minimum absolute atomic E-state index is 0.602. The lowest BCUT2D eigenvalue weighted by Crippen LogP contribution is -2.39. The second-order valence-electron chi connectivity index (χ2n) is 6.48. The first-order valence-electron chi connectivity index (χ1n) is 8.40. The fourth-order valence-electron chi connectivity index (χ4n) is 3.82. The SMILES string of the molecule is CC1CCCCN1CCCNC1CCc2ccccc21. The molecule has 0 spiro atoms. The molecule has 1 saturated heterocycles. The summed E-state index contributed by atoms with van der Waals surface area (Å²) in [6, 6.07) is 10.3. The molecule has 0 saturated carbocycles. The van der Waals surface area contributed by atoms with Gasteiger partial charge in [-0.25, -0.2) is 0 Å². The molecule has 20 heavy (non-hydrogen) atoms. The molecule has 1 N–H and O–H groups in total. The maximum absolute atomic E-state index is 3.77. The molecule has 0 radical (unpaired) electrons. The predicted molar refractivity (Wildman–Crippen MR) is 85.0 cm³/mol. The third kappa shape index (κ3) is 3.24. The summed E-state index contributed by atoms with van der Waals surface area (Å²) in [5, 5.41) is 3.77. The Hall–Kier alpha value is -0.860. The molecule has 1 aliphatic carbocycles. The molecule has 1 fully saturated rings. The van der Waals surface area contributed by atoms with Crippen molar-refractivity contribution in [2.75, 3.05) is 19.6 Å². The number of nitrogens with zero attached hydrogens (tertiary/aromatic N) is 1. The van der Waals surface area contributed by atoms with E-state index in [-0.39, 0.29) is 0 Å². The molecule has 1 aliphatic heterocycles. The van der Waals surface area contributed by atoms with Crippen LogP contribution in [0.5, 0.6) is 0 Å². The van der Waals surface area contributed by atoms with Gasteiger partial charge in [0, 0.05) is 12.1 Å². The zero-order chi connectivity index (χ0) is 13.8. The van der Waals surface area contributed by atoms with Gasteiger partial charge >= 0.3 is 0 Å². The van der Waals surface area contributed by atoms with Gasteiger partial charge in [-0.2, -0.15) is 0 Å². The van der Waals surface area contributed by atoms with E-state index in [9.17, 15) is 0 Å². The lowest BCUT2D eigenvalue weighted by atomic mass is 10.0. The van der Waals surface area contributed by atoms with E-state index < -0.39 is 0 Å². The molecule has 0 bridgehead atoms. The molecule has 2 aliphatic rings. The number of benzene rings is 1. The predicted octanol–water partition coefficient (Wildman–Crippen LogP) is 3.53. The van der Waals surface area contributed by atoms with E-state index in [4.69, 9.17) is 0 Å². The number of piperidine rings is 1. The van der Waals surface area contributed by atoms with Crippen LogP contribution in [0.15, 0.2) is 24.3 Å². The van der Waals surface area contributed by atoms with Crippen molar-refractivity contribution in [1.82, 2.24) is 10.2 Å². The fraction of sp³-hybridized carbons (Fsp3) is 0.667. The van der Waals surface area contributed by atoms with Crippen LogP contribution in [0.4, 0.5) is 0 Å². The summed E-state index contributed by atoms with van der Waals surface area (Å²) in [7, 11) is 0. The largest absolute Gasteiger partial charge is 0.310 e. The van der Waals surface area contributed by atoms with E-state index in [1.54, 1.807) is 11.1 Å².